The average Bonchev–Trinajstić information content (AvgIpc) is 2.41. The monoisotopic (exact) mass is 316 g/mol. The van der Waals surface area contributed by atoms with Crippen LogP contribution in [0.3, 0.4) is 0 Å². The number of thioether (sulfide) groups is 1. The third-order valence-electron chi connectivity index (χ3n) is 3.48. The number of hydrogen-bond acceptors (Lipinski definition) is 3. The molecule has 0 saturated carbocycles. The summed E-state index contributed by atoms with van der Waals surface area (Å²) in [6.07, 6.45) is 4.18. The van der Waals surface area contributed by atoms with Crippen LogP contribution in [-0.4, -0.2) is 41.2 Å². The predicted molar refractivity (Wildman–Crippen MR) is 86.7 cm³/mol. The van der Waals surface area contributed by atoms with Gasteiger partial charge in [0, 0.05) is 18.3 Å². The summed E-state index contributed by atoms with van der Waals surface area (Å²) in [5.41, 5.74) is -0.0695. The summed E-state index contributed by atoms with van der Waals surface area (Å²) < 4.78 is 0. The molecule has 2 amide bonds. The van der Waals surface area contributed by atoms with Gasteiger partial charge in [-0.25, -0.2) is 4.79 Å². The van der Waals surface area contributed by atoms with Crippen molar-refractivity contribution in [3.8, 4) is 0 Å². The molecule has 0 bridgehead atoms. The first-order valence-electron chi connectivity index (χ1n) is 7.64. The zero-order valence-electron chi connectivity index (χ0n) is 13.3. The van der Waals surface area contributed by atoms with E-state index in [1.54, 1.807) is 0 Å². The van der Waals surface area contributed by atoms with E-state index in [1.807, 2.05) is 32.5 Å². The number of carbonyl (C=O) groups excluding carboxylic acids is 1. The van der Waals surface area contributed by atoms with Crippen LogP contribution in [0.4, 0.5) is 4.79 Å². The zero-order valence-corrected chi connectivity index (χ0v) is 14.1. The number of hydrogen-bond donors (Lipinski definition) is 3. The number of carbonyl (C=O) groups is 2. The number of carboxylic acids is 1. The average molecular weight is 316 g/mol. The van der Waals surface area contributed by atoms with Crippen molar-refractivity contribution < 1.29 is 14.7 Å². The number of carboxylic acid groups (broad SMARTS) is 1. The molecule has 1 heterocycles. The molecule has 21 heavy (non-hydrogen) atoms. The van der Waals surface area contributed by atoms with Gasteiger partial charge in [-0.15, -0.1) is 0 Å². The topological polar surface area (TPSA) is 78.4 Å². The number of nitrogens with one attached hydrogen (secondary N) is 2. The van der Waals surface area contributed by atoms with E-state index < -0.39 is 11.9 Å². The van der Waals surface area contributed by atoms with Gasteiger partial charge in [0.05, 0.1) is 5.92 Å². The van der Waals surface area contributed by atoms with Crippen LogP contribution in [0.25, 0.3) is 0 Å². The standard InChI is InChI=1S/C15H28N2O3S/c1-15(2,3)8-11(13(18)19)9-16-14(20)17-10-12-6-4-5-7-21-12/h11-12H,4-10H2,1-3H3,(H,18,19)(H2,16,17,20). The van der Waals surface area contributed by atoms with Crippen molar-refractivity contribution in [3.05, 3.63) is 0 Å². The number of aliphatic carboxylic acids is 1. The van der Waals surface area contributed by atoms with Crippen LogP contribution in [-0.2, 0) is 4.79 Å². The van der Waals surface area contributed by atoms with E-state index >= 15 is 0 Å². The molecule has 0 aliphatic carbocycles. The van der Waals surface area contributed by atoms with Crippen molar-refractivity contribution in [2.45, 2.75) is 51.7 Å². The lowest BCUT2D eigenvalue weighted by atomic mass is 9.84. The smallest absolute Gasteiger partial charge is 0.314 e. The molecule has 1 rings (SSSR count). The van der Waals surface area contributed by atoms with Crippen molar-refractivity contribution in [3.63, 3.8) is 0 Å². The highest BCUT2D eigenvalue weighted by Crippen LogP contribution is 2.25. The molecule has 0 aromatic carbocycles. The fourth-order valence-corrected chi connectivity index (χ4v) is 3.68. The molecular weight excluding hydrogens is 288 g/mol. The molecule has 1 aliphatic heterocycles. The second-order valence-electron chi connectivity index (χ2n) is 6.88. The molecule has 1 saturated heterocycles. The largest absolute Gasteiger partial charge is 0.481 e. The Labute approximate surface area is 131 Å². The quantitative estimate of drug-likeness (QED) is 0.704. The van der Waals surface area contributed by atoms with Gasteiger partial charge >= 0.3 is 12.0 Å². The Morgan fingerprint density at radius 2 is 2.00 bits per heavy atom. The molecule has 3 N–H and O–H groups in total. The van der Waals surface area contributed by atoms with Gasteiger partial charge in [-0.1, -0.05) is 27.2 Å². The Hall–Kier alpha value is -0.910. The predicted octanol–water partition coefficient (Wildman–Crippen LogP) is 2.71. The molecule has 0 radical (unpaired) electrons. The van der Waals surface area contributed by atoms with Crippen LogP contribution in [0.5, 0.6) is 0 Å². The summed E-state index contributed by atoms with van der Waals surface area (Å²) >= 11 is 1.91. The Kier molecular flexibility index (Phi) is 7.35. The molecule has 1 aliphatic rings. The molecule has 122 valence electrons. The third kappa shape index (κ3) is 8.19. The third-order valence-corrected chi connectivity index (χ3v) is 4.88. The van der Waals surface area contributed by atoms with E-state index in [2.05, 4.69) is 10.6 Å². The van der Waals surface area contributed by atoms with Gasteiger partial charge in [0.15, 0.2) is 0 Å². The van der Waals surface area contributed by atoms with Crippen LogP contribution in [0.2, 0.25) is 0 Å². The summed E-state index contributed by atoms with van der Waals surface area (Å²) in [4.78, 5) is 23.0. The van der Waals surface area contributed by atoms with Gasteiger partial charge in [-0.2, -0.15) is 11.8 Å². The fraction of sp³-hybridized carbons (Fsp3) is 0.867. The molecule has 6 heteroatoms. The van der Waals surface area contributed by atoms with Crippen LogP contribution >= 0.6 is 11.8 Å². The van der Waals surface area contributed by atoms with Gasteiger partial charge in [-0.05, 0) is 30.4 Å². The van der Waals surface area contributed by atoms with Crippen molar-refractivity contribution in [2.24, 2.45) is 11.3 Å². The van der Waals surface area contributed by atoms with E-state index in [0.717, 1.165) is 6.42 Å². The maximum atomic E-state index is 11.8. The first-order chi connectivity index (χ1) is 9.78. The highest BCUT2D eigenvalue weighted by atomic mass is 32.2. The van der Waals surface area contributed by atoms with Crippen molar-refractivity contribution in [2.75, 3.05) is 18.8 Å². The fourth-order valence-electron chi connectivity index (χ4n) is 2.44. The lowest BCUT2D eigenvalue weighted by Crippen LogP contribution is -2.43. The minimum atomic E-state index is -0.854. The molecule has 2 atom stereocenters. The second-order valence-corrected chi connectivity index (χ2v) is 8.29. The highest BCUT2D eigenvalue weighted by molar-refractivity contribution is 7.99. The van der Waals surface area contributed by atoms with E-state index in [9.17, 15) is 14.7 Å². The summed E-state index contributed by atoms with van der Waals surface area (Å²) in [5.74, 6) is -0.228. The molecule has 2 unspecified atom stereocenters. The van der Waals surface area contributed by atoms with Gasteiger partial charge < -0.3 is 15.7 Å². The van der Waals surface area contributed by atoms with Crippen molar-refractivity contribution in [1.82, 2.24) is 10.6 Å². The maximum Gasteiger partial charge on any atom is 0.314 e. The Balaban J connectivity index is 2.27. The lowest BCUT2D eigenvalue weighted by Gasteiger charge is -2.24. The number of rotatable bonds is 6. The van der Waals surface area contributed by atoms with Gasteiger partial charge in [0.1, 0.15) is 0 Å². The van der Waals surface area contributed by atoms with Gasteiger partial charge in [-0.3, -0.25) is 4.79 Å². The minimum absolute atomic E-state index is 0.0695. The molecule has 0 aromatic heterocycles. The first-order valence-corrected chi connectivity index (χ1v) is 8.69. The molecule has 0 aromatic rings. The van der Waals surface area contributed by atoms with Crippen LogP contribution in [0.1, 0.15) is 46.5 Å². The molecule has 1 fully saturated rings. The summed E-state index contributed by atoms with van der Waals surface area (Å²) in [6, 6.07) is -0.263. The van der Waals surface area contributed by atoms with Crippen LogP contribution in [0.15, 0.2) is 0 Å². The van der Waals surface area contributed by atoms with E-state index in [1.165, 1.54) is 18.6 Å². The summed E-state index contributed by atoms with van der Waals surface area (Å²) in [7, 11) is 0. The normalized spacial score (nSPS) is 20.6. The van der Waals surface area contributed by atoms with E-state index in [4.69, 9.17) is 0 Å². The SMILES string of the molecule is CC(C)(C)CC(CNC(=O)NCC1CCCCS1)C(=O)O. The summed E-state index contributed by atoms with van der Waals surface area (Å²) in [5, 5.41) is 15.2. The van der Waals surface area contributed by atoms with Gasteiger partial charge in [0.25, 0.3) is 0 Å². The Bertz CT molecular complexity index is 349. The molecule has 0 spiro atoms. The van der Waals surface area contributed by atoms with E-state index in [-0.39, 0.29) is 18.0 Å². The Morgan fingerprint density at radius 1 is 1.29 bits per heavy atom. The molecule has 5 nitrogen and oxygen atoms in total. The minimum Gasteiger partial charge on any atom is -0.481 e. The van der Waals surface area contributed by atoms with Crippen LogP contribution < -0.4 is 10.6 Å². The van der Waals surface area contributed by atoms with Crippen molar-refractivity contribution >= 4 is 23.8 Å². The lowest BCUT2D eigenvalue weighted by molar-refractivity contribution is -0.142. The number of amides is 2. The summed E-state index contributed by atoms with van der Waals surface area (Å²) in [6.45, 7) is 6.85. The van der Waals surface area contributed by atoms with E-state index in [0.29, 0.717) is 18.2 Å². The number of urea groups is 1. The van der Waals surface area contributed by atoms with Crippen LogP contribution in [0, 0.1) is 11.3 Å². The first kappa shape index (κ1) is 18.1. The zero-order chi connectivity index (χ0) is 15.9. The van der Waals surface area contributed by atoms with Gasteiger partial charge in [0.2, 0.25) is 0 Å². The maximum absolute atomic E-state index is 11.8. The Morgan fingerprint density at radius 3 is 2.52 bits per heavy atom. The second kappa shape index (κ2) is 8.51. The highest BCUT2D eigenvalue weighted by Gasteiger charge is 2.25. The van der Waals surface area contributed by atoms with Crippen molar-refractivity contribution in [1.29, 1.82) is 0 Å². The molecular formula is C15H28N2O3S.